The van der Waals surface area contributed by atoms with E-state index >= 15 is 0 Å². The Bertz CT molecular complexity index is 915. The average Bonchev–Trinajstić information content (AvgIpc) is 2.76. The Kier molecular flexibility index (Phi) is 7.34. The molecule has 0 spiro atoms. The van der Waals surface area contributed by atoms with Crippen molar-refractivity contribution in [2.24, 2.45) is 0 Å². The molecule has 0 amide bonds. The third kappa shape index (κ3) is 5.88. The van der Waals surface area contributed by atoms with Crippen molar-refractivity contribution in [3.63, 3.8) is 0 Å². The number of methoxy groups -OCH3 is 2. The van der Waals surface area contributed by atoms with Crippen molar-refractivity contribution in [2.75, 3.05) is 26.1 Å². The van der Waals surface area contributed by atoms with E-state index in [1.54, 1.807) is 32.4 Å². The van der Waals surface area contributed by atoms with Crippen LogP contribution in [0.2, 0.25) is 0 Å². The van der Waals surface area contributed by atoms with E-state index < -0.39 is 0 Å². The number of benzene rings is 3. The van der Waals surface area contributed by atoms with Crippen molar-refractivity contribution in [1.29, 1.82) is 0 Å². The van der Waals surface area contributed by atoms with Crippen LogP contribution in [-0.4, -0.2) is 20.8 Å². The molecule has 0 heterocycles. The molecule has 0 saturated heterocycles. The molecule has 0 aliphatic carbocycles. The molecule has 29 heavy (non-hydrogen) atoms. The summed E-state index contributed by atoms with van der Waals surface area (Å²) < 4.78 is 30.7. The molecule has 0 unspecified atom stereocenters. The summed E-state index contributed by atoms with van der Waals surface area (Å²) in [4.78, 5) is 0. The number of rotatable bonds is 10. The smallest absolute Gasteiger partial charge is 0.149 e. The second-order valence-corrected chi connectivity index (χ2v) is 6.61. The maximum Gasteiger partial charge on any atom is 0.149 e. The molecule has 0 radical (unpaired) electrons. The first kappa shape index (κ1) is 20.5. The highest BCUT2D eigenvalue weighted by Crippen LogP contribution is 2.27. The van der Waals surface area contributed by atoms with Gasteiger partial charge in [0, 0.05) is 24.2 Å². The van der Waals surface area contributed by atoms with Crippen LogP contribution in [0.4, 0.5) is 10.1 Å². The normalized spacial score (nSPS) is 10.4. The molecule has 0 aromatic heterocycles. The third-order valence-corrected chi connectivity index (χ3v) is 4.63. The Balaban J connectivity index is 1.51. The van der Waals surface area contributed by atoms with Crippen molar-refractivity contribution in [3.05, 3.63) is 83.7 Å². The van der Waals surface area contributed by atoms with E-state index in [1.165, 1.54) is 11.6 Å². The largest absolute Gasteiger partial charge is 0.497 e. The zero-order valence-electron chi connectivity index (χ0n) is 16.8. The van der Waals surface area contributed by atoms with Crippen LogP contribution < -0.4 is 19.5 Å². The number of halogens is 1. The molecule has 3 aromatic carbocycles. The van der Waals surface area contributed by atoms with Crippen LogP contribution in [0.15, 0.2) is 66.7 Å². The Labute approximate surface area is 171 Å². The summed E-state index contributed by atoms with van der Waals surface area (Å²) in [5.74, 6) is 1.59. The monoisotopic (exact) mass is 395 g/mol. The number of hydrogen-bond acceptors (Lipinski definition) is 4. The SMILES string of the molecule is COc1ccc(CNc2ccc(OCCCc3ccccc3)cc2F)c(OC)c1. The van der Waals surface area contributed by atoms with E-state index in [2.05, 4.69) is 17.4 Å². The Morgan fingerprint density at radius 1 is 0.862 bits per heavy atom. The van der Waals surface area contributed by atoms with E-state index in [0.29, 0.717) is 36.1 Å². The summed E-state index contributed by atoms with van der Waals surface area (Å²) >= 11 is 0. The number of nitrogens with one attached hydrogen (secondary N) is 1. The fourth-order valence-electron chi connectivity index (χ4n) is 3.03. The van der Waals surface area contributed by atoms with Gasteiger partial charge in [-0.25, -0.2) is 4.39 Å². The van der Waals surface area contributed by atoms with Crippen LogP contribution in [0.1, 0.15) is 17.5 Å². The van der Waals surface area contributed by atoms with Crippen molar-refractivity contribution in [3.8, 4) is 17.2 Å². The maximum absolute atomic E-state index is 14.4. The molecule has 4 nitrogen and oxygen atoms in total. The van der Waals surface area contributed by atoms with Crippen LogP contribution in [0.25, 0.3) is 0 Å². The van der Waals surface area contributed by atoms with Crippen molar-refractivity contribution < 1.29 is 18.6 Å². The van der Waals surface area contributed by atoms with E-state index in [0.717, 1.165) is 18.4 Å². The molecule has 0 fully saturated rings. The standard InChI is InChI=1S/C24H26FNO3/c1-27-20-11-10-19(24(16-20)28-2)17-26-23-13-12-21(15-22(23)25)29-14-6-9-18-7-4-3-5-8-18/h3-5,7-8,10-13,15-16,26H,6,9,14,17H2,1-2H3. The minimum Gasteiger partial charge on any atom is -0.497 e. The van der Waals surface area contributed by atoms with E-state index in [-0.39, 0.29) is 5.82 Å². The van der Waals surface area contributed by atoms with E-state index in [4.69, 9.17) is 14.2 Å². The van der Waals surface area contributed by atoms with Crippen LogP contribution in [-0.2, 0) is 13.0 Å². The van der Waals surface area contributed by atoms with Crippen LogP contribution in [0.5, 0.6) is 17.2 Å². The van der Waals surface area contributed by atoms with Gasteiger partial charge in [0.1, 0.15) is 23.1 Å². The first-order chi connectivity index (χ1) is 14.2. The summed E-state index contributed by atoms with van der Waals surface area (Å²) in [6, 6.07) is 20.7. The van der Waals surface area contributed by atoms with Gasteiger partial charge >= 0.3 is 0 Å². The number of ether oxygens (including phenoxy) is 3. The Hall–Kier alpha value is -3.21. The number of anilines is 1. The zero-order chi connectivity index (χ0) is 20.5. The molecule has 0 aliphatic rings. The molecule has 5 heteroatoms. The van der Waals surface area contributed by atoms with Gasteiger partial charge in [-0.3, -0.25) is 0 Å². The Morgan fingerprint density at radius 3 is 2.38 bits per heavy atom. The van der Waals surface area contributed by atoms with Gasteiger partial charge < -0.3 is 19.5 Å². The third-order valence-electron chi connectivity index (χ3n) is 4.63. The van der Waals surface area contributed by atoms with Crippen molar-refractivity contribution >= 4 is 5.69 Å². The molecule has 1 N–H and O–H groups in total. The second kappa shape index (κ2) is 10.4. The lowest BCUT2D eigenvalue weighted by Gasteiger charge is -2.13. The molecule has 0 atom stereocenters. The molecular formula is C24H26FNO3. The van der Waals surface area contributed by atoms with Crippen LogP contribution in [0, 0.1) is 5.82 Å². The molecule has 0 saturated carbocycles. The molecule has 0 aliphatic heterocycles. The highest BCUT2D eigenvalue weighted by Gasteiger charge is 2.08. The van der Waals surface area contributed by atoms with Crippen LogP contribution in [0.3, 0.4) is 0 Å². The van der Waals surface area contributed by atoms with Gasteiger partial charge in [0.2, 0.25) is 0 Å². The van der Waals surface area contributed by atoms with Gasteiger partial charge in [0.05, 0.1) is 26.5 Å². The van der Waals surface area contributed by atoms with Gasteiger partial charge in [-0.05, 0) is 42.7 Å². The van der Waals surface area contributed by atoms with E-state index in [1.807, 2.05) is 30.3 Å². The van der Waals surface area contributed by atoms with Gasteiger partial charge in [-0.1, -0.05) is 30.3 Å². The van der Waals surface area contributed by atoms with Gasteiger partial charge in [-0.15, -0.1) is 0 Å². The Morgan fingerprint density at radius 2 is 1.66 bits per heavy atom. The fraction of sp³-hybridized carbons (Fsp3) is 0.250. The lowest BCUT2D eigenvalue weighted by molar-refractivity contribution is 0.309. The van der Waals surface area contributed by atoms with Crippen LogP contribution >= 0.6 is 0 Å². The van der Waals surface area contributed by atoms with Gasteiger partial charge in [-0.2, -0.15) is 0 Å². The average molecular weight is 395 g/mol. The first-order valence-corrected chi connectivity index (χ1v) is 9.60. The van der Waals surface area contributed by atoms with E-state index in [9.17, 15) is 4.39 Å². The molecule has 3 rings (SSSR count). The molecule has 152 valence electrons. The minimum atomic E-state index is -0.349. The highest BCUT2D eigenvalue weighted by atomic mass is 19.1. The highest BCUT2D eigenvalue weighted by molar-refractivity contribution is 5.50. The fourth-order valence-corrected chi connectivity index (χ4v) is 3.03. The predicted molar refractivity (Wildman–Crippen MR) is 114 cm³/mol. The van der Waals surface area contributed by atoms with Gasteiger partial charge in [0.15, 0.2) is 0 Å². The summed E-state index contributed by atoms with van der Waals surface area (Å²) in [6.45, 7) is 0.978. The predicted octanol–water partition coefficient (Wildman–Crippen LogP) is 5.47. The number of hydrogen-bond donors (Lipinski definition) is 1. The van der Waals surface area contributed by atoms with Crippen molar-refractivity contribution in [2.45, 2.75) is 19.4 Å². The summed E-state index contributed by atoms with van der Waals surface area (Å²) in [7, 11) is 3.20. The first-order valence-electron chi connectivity index (χ1n) is 9.60. The maximum atomic E-state index is 14.4. The zero-order valence-corrected chi connectivity index (χ0v) is 16.8. The topological polar surface area (TPSA) is 39.7 Å². The van der Waals surface area contributed by atoms with Gasteiger partial charge in [0.25, 0.3) is 0 Å². The quantitative estimate of drug-likeness (QED) is 0.462. The lowest BCUT2D eigenvalue weighted by atomic mass is 10.1. The molecule has 3 aromatic rings. The summed E-state index contributed by atoms with van der Waals surface area (Å²) in [5.41, 5.74) is 2.60. The summed E-state index contributed by atoms with van der Waals surface area (Å²) in [6.07, 6.45) is 1.82. The minimum absolute atomic E-state index is 0.349. The molecule has 0 bridgehead atoms. The summed E-state index contributed by atoms with van der Waals surface area (Å²) in [5, 5.41) is 3.11. The second-order valence-electron chi connectivity index (χ2n) is 6.61. The number of aryl methyl sites for hydroxylation is 1. The lowest BCUT2D eigenvalue weighted by Crippen LogP contribution is -2.04. The molecular weight excluding hydrogens is 369 g/mol. The van der Waals surface area contributed by atoms with Crippen molar-refractivity contribution in [1.82, 2.24) is 0 Å².